The van der Waals surface area contributed by atoms with Gasteiger partial charge in [0.2, 0.25) is 0 Å². The summed E-state index contributed by atoms with van der Waals surface area (Å²) < 4.78 is 5.56. The molecule has 0 bridgehead atoms. The number of furan rings is 1. The standard InChI is InChI=1S/C14H11ClO2/c1-10-4-5-11(9-13(10)15)14-7-6-12(17-14)3-2-8-16/h2-9H,1H3. The third-order valence-electron chi connectivity index (χ3n) is 2.42. The Bertz CT molecular complexity index is 567. The summed E-state index contributed by atoms with van der Waals surface area (Å²) >= 11 is 6.05. The predicted octanol–water partition coefficient (Wildman–Crippen LogP) is 4.12. The minimum Gasteiger partial charge on any atom is -0.457 e. The van der Waals surface area contributed by atoms with Crippen molar-refractivity contribution in [3.8, 4) is 11.3 Å². The summed E-state index contributed by atoms with van der Waals surface area (Å²) in [5.41, 5.74) is 1.95. The average molecular weight is 247 g/mol. The highest BCUT2D eigenvalue weighted by molar-refractivity contribution is 6.31. The third-order valence-corrected chi connectivity index (χ3v) is 2.83. The van der Waals surface area contributed by atoms with Crippen molar-refractivity contribution >= 4 is 24.0 Å². The van der Waals surface area contributed by atoms with E-state index in [2.05, 4.69) is 0 Å². The lowest BCUT2D eigenvalue weighted by Gasteiger charge is -2.00. The summed E-state index contributed by atoms with van der Waals surface area (Å²) in [7, 11) is 0. The molecule has 0 atom stereocenters. The minimum absolute atomic E-state index is 0.642. The first kappa shape index (κ1) is 11.7. The molecule has 0 saturated heterocycles. The van der Waals surface area contributed by atoms with E-state index in [1.165, 1.54) is 6.08 Å². The van der Waals surface area contributed by atoms with Crippen LogP contribution in [0.2, 0.25) is 5.02 Å². The zero-order valence-corrected chi connectivity index (χ0v) is 10.1. The second-order valence-electron chi connectivity index (χ2n) is 3.66. The van der Waals surface area contributed by atoms with Crippen LogP contribution in [0.25, 0.3) is 17.4 Å². The van der Waals surface area contributed by atoms with Gasteiger partial charge in [-0.25, -0.2) is 0 Å². The second kappa shape index (κ2) is 5.02. The Kier molecular flexibility index (Phi) is 3.45. The van der Waals surface area contributed by atoms with Gasteiger partial charge in [-0.15, -0.1) is 0 Å². The number of allylic oxidation sites excluding steroid dienone is 1. The number of benzene rings is 1. The van der Waals surface area contributed by atoms with E-state index in [0.29, 0.717) is 17.1 Å². The summed E-state index contributed by atoms with van der Waals surface area (Å²) in [5, 5.41) is 0.712. The van der Waals surface area contributed by atoms with Gasteiger partial charge in [0.05, 0.1) is 0 Å². The van der Waals surface area contributed by atoms with Crippen molar-refractivity contribution in [1.29, 1.82) is 0 Å². The Morgan fingerprint density at radius 3 is 2.76 bits per heavy atom. The molecule has 0 aliphatic heterocycles. The smallest absolute Gasteiger partial charge is 0.142 e. The molecule has 0 N–H and O–H groups in total. The average Bonchev–Trinajstić information content (AvgIpc) is 2.79. The minimum atomic E-state index is 0.642. The maximum absolute atomic E-state index is 10.2. The second-order valence-corrected chi connectivity index (χ2v) is 4.07. The first-order valence-electron chi connectivity index (χ1n) is 5.19. The van der Waals surface area contributed by atoms with Crippen LogP contribution >= 0.6 is 11.6 Å². The van der Waals surface area contributed by atoms with Gasteiger partial charge in [0.15, 0.2) is 0 Å². The Balaban J connectivity index is 2.33. The Morgan fingerprint density at radius 2 is 2.06 bits per heavy atom. The molecular formula is C14H11ClO2. The van der Waals surface area contributed by atoms with Gasteiger partial charge in [-0.3, -0.25) is 4.79 Å². The molecule has 0 radical (unpaired) electrons. The van der Waals surface area contributed by atoms with E-state index >= 15 is 0 Å². The molecule has 86 valence electrons. The van der Waals surface area contributed by atoms with E-state index in [9.17, 15) is 4.79 Å². The highest BCUT2D eigenvalue weighted by Gasteiger charge is 2.04. The fourth-order valence-electron chi connectivity index (χ4n) is 1.48. The van der Waals surface area contributed by atoms with E-state index in [-0.39, 0.29) is 0 Å². The van der Waals surface area contributed by atoms with E-state index in [1.54, 1.807) is 6.08 Å². The van der Waals surface area contributed by atoms with Crippen LogP contribution in [0.15, 0.2) is 40.8 Å². The SMILES string of the molecule is Cc1ccc(-c2ccc(C=CC=O)o2)cc1Cl. The van der Waals surface area contributed by atoms with Gasteiger partial charge in [0.25, 0.3) is 0 Å². The van der Waals surface area contributed by atoms with Crippen molar-refractivity contribution in [2.24, 2.45) is 0 Å². The van der Waals surface area contributed by atoms with Crippen LogP contribution in [0.3, 0.4) is 0 Å². The molecule has 2 nitrogen and oxygen atoms in total. The van der Waals surface area contributed by atoms with Crippen LogP contribution in [-0.2, 0) is 4.79 Å². The number of carbonyl (C=O) groups excluding carboxylic acids is 1. The molecule has 1 aromatic carbocycles. The molecule has 0 unspecified atom stereocenters. The lowest BCUT2D eigenvalue weighted by molar-refractivity contribution is -0.104. The van der Waals surface area contributed by atoms with Crippen molar-refractivity contribution < 1.29 is 9.21 Å². The molecule has 0 spiro atoms. The van der Waals surface area contributed by atoms with Crippen molar-refractivity contribution in [3.63, 3.8) is 0 Å². The van der Waals surface area contributed by atoms with Crippen molar-refractivity contribution in [3.05, 3.63) is 52.8 Å². The molecule has 2 aromatic rings. The topological polar surface area (TPSA) is 30.2 Å². The monoisotopic (exact) mass is 246 g/mol. The number of aryl methyl sites for hydroxylation is 1. The summed E-state index contributed by atoms with van der Waals surface area (Å²) in [6.45, 7) is 1.95. The van der Waals surface area contributed by atoms with Gasteiger partial charge in [-0.05, 0) is 42.8 Å². The van der Waals surface area contributed by atoms with Crippen LogP contribution in [0.4, 0.5) is 0 Å². The van der Waals surface area contributed by atoms with E-state index < -0.39 is 0 Å². The van der Waals surface area contributed by atoms with Crippen LogP contribution in [0.1, 0.15) is 11.3 Å². The van der Waals surface area contributed by atoms with Crippen LogP contribution in [0.5, 0.6) is 0 Å². The highest BCUT2D eigenvalue weighted by Crippen LogP contribution is 2.27. The van der Waals surface area contributed by atoms with Gasteiger partial charge in [-0.1, -0.05) is 23.7 Å². The molecule has 2 rings (SSSR count). The number of rotatable bonds is 3. The maximum atomic E-state index is 10.2. The van der Waals surface area contributed by atoms with Gasteiger partial charge in [-0.2, -0.15) is 0 Å². The highest BCUT2D eigenvalue weighted by atomic mass is 35.5. The van der Waals surface area contributed by atoms with E-state index in [0.717, 1.165) is 16.9 Å². The lowest BCUT2D eigenvalue weighted by atomic mass is 10.1. The van der Waals surface area contributed by atoms with E-state index in [4.69, 9.17) is 16.0 Å². The number of hydrogen-bond donors (Lipinski definition) is 0. The lowest BCUT2D eigenvalue weighted by Crippen LogP contribution is -1.77. The molecule has 0 amide bonds. The Hall–Kier alpha value is -1.80. The summed E-state index contributed by atoms with van der Waals surface area (Å²) in [4.78, 5) is 10.2. The largest absolute Gasteiger partial charge is 0.457 e. The fraction of sp³-hybridized carbons (Fsp3) is 0.0714. The quantitative estimate of drug-likeness (QED) is 0.602. The Morgan fingerprint density at radius 1 is 1.24 bits per heavy atom. The third kappa shape index (κ3) is 2.66. The molecule has 0 aliphatic rings. The number of halogens is 1. The summed E-state index contributed by atoms with van der Waals surface area (Å²) in [6.07, 6.45) is 3.72. The van der Waals surface area contributed by atoms with E-state index in [1.807, 2.05) is 37.3 Å². The molecular weight excluding hydrogens is 236 g/mol. The Labute approximate surface area is 105 Å². The molecule has 3 heteroatoms. The maximum Gasteiger partial charge on any atom is 0.142 e. The van der Waals surface area contributed by atoms with Gasteiger partial charge in [0, 0.05) is 10.6 Å². The number of hydrogen-bond acceptors (Lipinski definition) is 2. The van der Waals surface area contributed by atoms with Crippen molar-refractivity contribution in [1.82, 2.24) is 0 Å². The number of carbonyl (C=O) groups is 1. The molecule has 0 saturated carbocycles. The van der Waals surface area contributed by atoms with Crippen molar-refractivity contribution in [2.75, 3.05) is 0 Å². The molecule has 1 aromatic heterocycles. The number of aldehydes is 1. The molecule has 1 heterocycles. The molecule has 17 heavy (non-hydrogen) atoms. The van der Waals surface area contributed by atoms with Gasteiger partial charge >= 0.3 is 0 Å². The van der Waals surface area contributed by atoms with Crippen LogP contribution in [0, 0.1) is 6.92 Å². The van der Waals surface area contributed by atoms with Gasteiger partial charge < -0.3 is 4.42 Å². The normalized spacial score (nSPS) is 10.9. The van der Waals surface area contributed by atoms with Crippen LogP contribution in [-0.4, -0.2) is 6.29 Å². The zero-order valence-electron chi connectivity index (χ0n) is 9.31. The molecule has 0 aliphatic carbocycles. The first-order chi connectivity index (χ1) is 8.20. The fourth-order valence-corrected chi connectivity index (χ4v) is 1.66. The van der Waals surface area contributed by atoms with Crippen molar-refractivity contribution in [2.45, 2.75) is 6.92 Å². The zero-order chi connectivity index (χ0) is 12.3. The van der Waals surface area contributed by atoms with Crippen LogP contribution < -0.4 is 0 Å². The predicted molar refractivity (Wildman–Crippen MR) is 69.0 cm³/mol. The molecule has 0 fully saturated rings. The first-order valence-corrected chi connectivity index (χ1v) is 5.56. The summed E-state index contributed by atoms with van der Waals surface area (Å²) in [5.74, 6) is 1.38. The van der Waals surface area contributed by atoms with Gasteiger partial charge in [0.1, 0.15) is 17.8 Å². The summed E-state index contributed by atoms with van der Waals surface area (Å²) in [6, 6.07) is 9.42.